The summed E-state index contributed by atoms with van der Waals surface area (Å²) in [6.07, 6.45) is 4.76. The van der Waals surface area contributed by atoms with Crippen molar-refractivity contribution in [1.82, 2.24) is 15.1 Å². The highest BCUT2D eigenvalue weighted by Crippen LogP contribution is 2.24. The number of ether oxygens (including phenoxy) is 1. The van der Waals surface area contributed by atoms with Crippen molar-refractivity contribution < 1.29 is 9.53 Å². The van der Waals surface area contributed by atoms with Crippen molar-refractivity contribution in [2.45, 2.75) is 45.2 Å². The molecule has 0 aromatic carbocycles. The summed E-state index contributed by atoms with van der Waals surface area (Å²) in [7, 11) is 1.58. The Balaban J connectivity index is 2.29. The van der Waals surface area contributed by atoms with Gasteiger partial charge in [-0.05, 0) is 33.2 Å². The zero-order valence-corrected chi connectivity index (χ0v) is 11.3. The lowest BCUT2D eigenvalue weighted by molar-refractivity contribution is 0.0911. The highest BCUT2D eigenvalue weighted by molar-refractivity contribution is 6.01. The van der Waals surface area contributed by atoms with E-state index in [9.17, 15) is 4.79 Å². The number of piperidine rings is 1. The molecule has 0 saturated carbocycles. The fraction of sp³-hybridized carbons (Fsp3) is 0.692. The van der Waals surface area contributed by atoms with Crippen LogP contribution in [0.15, 0.2) is 6.20 Å². The third-order valence-corrected chi connectivity index (χ3v) is 3.33. The number of nitrogens with zero attached hydrogens (tertiary/aromatic N) is 2. The van der Waals surface area contributed by atoms with Gasteiger partial charge in [-0.15, -0.1) is 0 Å². The topological polar surface area (TPSA) is 56.2 Å². The minimum absolute atomic E-state index is 0.0951. The van der Waals surface area contributed by atoms with Crippen LogP contribution in [0.2, 0.25) is 0 Å². The van der Waals surface area contributed by atoms with Gasteiger partial charge in [0.1, 0.15) is 5.69 Å². The number of hydrogen-bond acceptors (Lipinski definition) is 4. The first-order valence-corrected chi connectivity index (χ1v) is 6.54. The van der Waals surface area contributed by atoms with E-state index in [0.29, 0.717) is 11.4 Å². The van der Waals surface area contributed by atoms with Gasteiger partial charge in [0.05, 0.1) is 19.3 Å². The van der Waals surface area contributed by atoms with E-state index in [0.717, 1.165) is 25.8 Å². The van der Waals surface area contributed by atoms with Crippen LogP contribution < -0.4 is 10.1 Å². The second-order valence-corrected chi connectivity index (χ2v) is 4.97. The van der Waals surface area contributed by atoms with Crippen molar-refractivity contribution in [3.05, 3.63) is 11.9 Å². The summed E-state index contributed by atoms with van der Waals surface area (Å²) in [5, 5.41) is 7.52. The van der Waals surface area contributed by atoms with Crippen molar-refractivity contribution in [2.75, 3.05) is 13.7 Å². The summed E-state index contributed by atoms with van der Waals surface area (Å²) in [6.45, 7) is 4.93. The lowest BCUT2D eigenvalue weighted by atomic mass is 9.99. The number of aromatic nitrogens is 2. The largest absolute Gasteiger partial charge is 0.493 e. The summed E-state index contributed by atoms with van der Waals surface area (Å²) in [5.74, 6) is 0.666. The predicted octanol–water partition coefficient (Wildman–Crippen LogP) is 1.80. The Kier molecular flexibility index (Phi) is 4.01. The van der Waals surface area contributed by atoms with Gasteiger partial charge in [0.2, 0.25) is 5.78 Å². The molecule has 1 fully saturated rings. The van der Waals surface area contributed by atoms with E-state index in [1.165, 1.54) is 0 Å². The molecular formula is C13H21N3O2. The van der Waals surface area contributed by atoms with Crippen molar-refractivity contribution >= 4 is 5.78 Å². The number of carbonyl (C=O) groups excluding carboxylic acids is 1. The molecule has 5 nitrogen and oxygen atoms in total. The molecule has 0 aliphatic carbocycles. The molecule has 1 aromatic heterocycles. The third-order valence-electron chi connectivity index (χ3n) is 3.33. The van der Waals surface area contributed by atoms with Crippen molar-refractivity contribution in [3.8, 4) is 5.75 Å². The fourth-order valence-corrected chi connectivity index (χ4v) is 2.36. The second-order valence-electron chi connectivity index (χ2n) is 4.97. The number of carbonyl (C=O) groups is 1. The molecule has 1 aliphatic rings. The Morgan fingerprint density at radius 1 is 1.56 bits per heavy atom. The minimum Gasteiger partial charge on any atom is -0.493 e. The Labute approximate surface area is 108 Å². The van der Waals surface area contributed by atoms with Gasteiger partial charge in [-0.3, -0.25) is 9.48 Å². The molecule has 0 radical (unpaired) electrons. The minimum atomic E-state index is -0.0955. The molecule has 1 N–H and O–H groups in total. The van der Waals surface area contributed by atoms with E-state index >= 15 is 0 Å². The van der Waals surface area contributed by atoms with Gasteiger partial charge in [-0.25, -0.2) is 0 Å². The van der Waals surface area contributed by atoms with Gasteiger partial charge >= 0.3 is 0 Å². The number of Topliss-reactive ketones (excluding diaryl/α,β-unsaturated/α-hetero) is 1. The molecule has 18 heavy (non-hydrogen) atoms. The molecule has 0 amide bonds. The molecule has 100 valence electrons. The van der Waals surface area contributed by atoms with Crippen LogP contribution in [0.1, 0.15) is 49.6 Å². The van der Waals surface area contributed by atoms with Gasteiger partial charge < -0.3 is 10.1 Å². The smallest absolute Gasteiger partial charge is 0.201 e. The van der Waals surface area contributed by atoms with Gasteiger partial charge in [0.15, 0.2) is 5.75 Å². The van der Waals surface area contributed by atoms with Gasteiger partial charge in [-0.1, -0.05) is 6.42 Å². The lowest BCUT2D eigenvalue weighted by Gasteiger charge is -2.23. The summed E-state index contributed by atoms with van der Waals surface area (Å²) in [5.41, 5.74) is 0.590. The van der Waals surface area contributed by atoms with Crippen molar-refractivity contribution in [1.29, 1.82) is 0 Å². The highest BCUT2D eigenvalue weighted by Gasteiger charge is 2.28. The maximum Gasteiger partial charge on any atom is 0.201 e. The average Bonchev–Trinajstić information content (AvgIpc) is 2.82. The Morgan fingerprint density at radius 2 is 2.33 bits per heavy atom. The van der Waals surface area contributed by atoms with Crippen LogP contribution in [0.5, 0.6) is 5.75 Å². The number of nitrogens with one attached hydrogen (secondary N) is 1. The van der Waals surface area contributed by atoms with Crippen LogP contribution in [0, 0.1) is 0 Å². The molecule has 5 heteroatoms. The second kappa shape index (κ2) is 5.52. The van der Waals surface area contributed by atoms with Crippen LogP contribution in [0.4, 0.5) is 0 Å². The van der Waals surface area contributed by atoms with Crippen LogP contribution in [-0.4, -0.2) is 35.3 Å². The van der Waals surface area contributed by atoms with Crippen LogP contribution in [0.25, 0.3) is 0 Å². The van der Waals surface area contributed by atoms with Crippen LogP contribution >= 0.6 is 0 Å². The molecule has 1 aliphatic heterocycles. The van der Waals surface area contributed by atoms with E-state index in [1.807, 2.05) is 13.8 Å². The third kappa shape index (κ3) is 2.41. The summed E-state index contributed by atoms with van der Waals surface area (Å²) < 4.78 is 7.00. The first-order chi connectivity index (χ1) is 8.65. The van der Waals surface area contributed by atoms with E-state index < -0.39 is 0 Å². The van der Waals surface area contributed by atoms with Crippen molar-refractivity contribution in [2.24, 2.45) is 0 Å². The zero-order valence-electron chi connectivity index (χ0n) is 11.3. The van der Waals surface area contributed by atoms with E-state index in [2.05, 4.69) is 10.4 Å². The molecule has 1 aromatic rings. The summed E-state index contributed by atoms with van der Waals surface area (Å²) in [6, 6.07) is 0.0540. The first kappa shape index (κ1) is 13.1. The monoisotopic (exact) mass is 251 g/mol. The zero-order chi connectivity index (χ0) is 13.1. The van der Waals surface area contributed by atoms with E-state index in [4.69, 9.17) is 4.74 Å². The maximum atomic E-state index is 12.6. The molecule has 2 heterocycles. The lowest BCUT2D eigenvalue weighted by Crippen LogP contribution is -2.41. The standard InChI is InChI=1S/C13H21N3O2/c1-9(2)16-12(11(18-3)8-15-16)13(17)10-6-4-5-7-14-10/h8-10,14H,4-7H2,1-3H3. The molecule has 2 rings (SSSR count). The Morgan fingerprint density at radius 3 is 2.89 bits per heavy atom. The van der Waals surface area contributed by atoms with Gasteiger partial charge in [0, 0.05) is 6.04 Å². The number of rotatable bonds is 4. The van der Waals surface area contributed by atoms with Crippen molar-refractivity contribution in [3.63, 3.8) is 0 Å². The SMILES string of the molecule is COc1cnn(C(C)C)c1C(=O)C1CCCCN1. The quantitative estimate of drug-likeness (QED) is 0.829. The Bertz CT molecular complexity index is 420. The Hall–Kier alpha value is -1.36. The summed E-state index contributed by atoms with van der Waals surface area (Å²) in [4.78, 5) is 12.6. The number of methoxy groups -OCH3 is 1. The molecular weight excluding hydrogens is 230 g/mol. The molecule has 0 spiro atoms. The molecule has 1 atom stereocenters. The molecule has 1 saturated heterocycles. The molecule has 1 unspecified atom stereocenters. The maximum absolute atomic E-state index is 12.6. The molecule has 0 bridgehead atoms. The number of hydrogen-bond donors (Lipinski definition) is 1. The normalized spacial score (nSPS) is 20.1. The fourth-order valence-electron chi connectivity index (χ4n) is 2.36. The number of ketones is 1. The van der Waals surface area contributed by atoms with Crippen LogP contribution in [0.3, 0.4) is 0 Å². The predicted molar refractivity (Wildman–Crippen MR) is 69.1 cm³/mol. The van der Waals surface area contributed by atoms with E-state index in [-0.39, 0.29) is 17.9 Å². The van der Waals surface area contributed by atoms with E-state index in [1.54, 1.807) is 18.0 Å². The average molecular weight is 251 g/mol. The van der Waals surface area contributed by atoms with Crippen LogP contribution in [-0.2, 0) is 0 Å². The highest BCUT2D eigenvalue weighted by atomic mass is 16.5. The van der Waals surface area contributed by atoms with Gasteiger partial charge in [-0.2, -0.15) is 5.10 Å². The van der Waals surface area contributed by atoms with Gasteiger partial charge in [0.25, 0.3) is 0 Å². The first-order valence-electron chi connectivity index (χ1n) is 6.54. The summed E-state index contributed by atoms with van der Waals surface area (Å²) >= 11 is 0.